The van der Waals surface area contributed by atoms with E-state index in [1.165, 1.54) is 35.8 Å². The quantitative estimate of drug-likeness (QED) is 0.717. The Morgan fingerprint density at radius 3 is 2.65 bits per heavy atom. The van der Waals surface area contributed by atoms with Crippen molar-refractivity contribution in [2.75, 3.05) is 13.1 Å². The molecule has 0 spiro atoms. The first kappa shape index (κ1) is 19.0. The van der Waals surface area contributed by atoms with Crippen LogP contribution in [-0.4, -0.2) is 35.2 Å². The molecule has 2 aromatic rings. The van der Waals surface area contributed by atoms with Gasteiger partial charge in [-0.3, -0.25) is 4.98 Å². The van der Waals surface area contributed by atoms with Crippen molar-refractivity contribution in [3.05, 3.63) is 41.1 Å². The van der Waals surface area contributed by atoms with Crippen molar-refractivity contribution in [1.82, 2.24) is 9.88 Å². The van der Waals surface area contributed by atoms with E-state index in [2.05, 4.69) is 25.1 Å². The van der Waals surface area contributed by atoms with Crippen LogP contribution in [-0.2, 0) is 17.6 Å². The number of carbonyl (C=O) groups is 1. The summed E-state index contributed by atoms with van der Waals surface area (Å²) in [5.74, 6) is 0. The SMILES string of the molecule is Cc1c2c(nc3ccccc13)CCN(C(=O)OC1CCCCC1)CC2.Cl. The average molecular weight is 375 g/mol. The van der Waals surface area contributed by atoms with Crippen molar-refractivity contribution in [3.8, 4) is 0 Å². The lowest BCUT2D eigenvalue weighted by Gasteiger charge is -2.26. The molecular formula is C21H27ClN2O2. The van der Waals surface area contributed by atoms with Crippen molar-refractivity contribution in [2.24, 2.45) is 0 Å². The molecule has 26 heavy (non-hydrogen) atoms. The number of rotatable bonds is 1. The predicted molar refractivity (Wildman–Crippen MR) is 106 cm³/mol. The first-order valence-electron chi connectivity index (χ1n) is 9.55. The lowest BCUT2D eigenvalue weighted by atomic mass is 9.98. The summed E-state index contributed by atoms with van der Waals surface area (Å²) in [6.07, 6.45) is 7.32. The Kier molecular flexibility index (Phi) is 6.02. The molecule has 1 fully saturated rings. The van der Waals surface area contributed by atoms with Crippen LogP contribution in [0.5, 0.6) is 0 Å². The highest BCUT2D eigenvalue weighted by molar-refractivity contribution is 5.85. The highest BCUT2D eigenvalue weighted by Crippen LogP contribution is 2.26. The smallest absolute Gasteiger partial charge is 0.410 e. The van der Waals surface area contributed by atoms with Gasteiger partial charge in [-0.2, -0.15) is 0 Å². The molecule has 1 aliphatic carbocycles. The number of fused-ring (bicyclic) bond motifs is 2. The lowest BCUT2D eigenvalue weighted by Crippen LogP contribution is -2.36. The minimum Gasteiger partial charge on any atom is -0.446 e. The molecule has 0 atom stereocenters. The second kappa shape index (κ2) is 8.26. The van der Waals surface area contributed by atoms with Gasteiger partial charge in [0.1, 0.15) is 6.10 Å². The number of ether oxygens (including phenoxy) is 1. The summed E-state index contributed by atoms with van der Waals surface area (Å²) >= 11 is 0. The van der Waals surface area contributed by atoms with Crippen molar-refractivity contribution in [1.29, 1.82) is 0 Å². The number of carbonyl (C=O) groups excluding carboxylic acids is 1. The Balaban J connectivity index is 0.00000196. The van der Waals surface area contributed by atoms with Crippen LogP contribution in [0.15, 0.2) is 24.3 Å². The number of hydrogen-bond donors (Lipinski definition) is 0. The highest BCUT2D eigenvalue weighted by atomic mass is 35.5. The molecule has 4 nitrogen and oxygen atoms in total. The Morgan fingerprint density at radius 2 is 1.85 bits per heavy atom. The van der Waals surface area contributed by atoms with Gasteiger partial charge in [0, 0.05) is 30.6 Å². The fourth-order valence-corrected chi connectivity index (χ4v) is 4.20. The molecule has 0 saturated heterocycles. The third-order valence-electron chi connectivity index (χ3n) is 5.69. The second-order valence-corrected chi connectivity index (χ2v) is 7.31. The summed E-state index contributed by atoms with van der Waals surface area (Å²) in [5, 5.41) is 1.22. The minimum atomic E-state index is -0.137. The monoisotopic (exact) mass is 374 g/mol. The van der Waals surface area contributed by atoms with Gasteiger partial charge in [-0.15, -0.1) is 12.4 Å². The summed E-state index contributed by atoms with van der Waals surface area (Å²) in [6, 6.07) is 8.31. The minimum absolute atomic E-state index is 0. The fourth-order valence-electron chi connectivity index (χ4n) is 4.20. The Bertz CT molecular complexity index is 787. The molecule has 0 unspecified atom stereocenters. The molecule has 0 radical (unpaired) electrons. The zero-order chi connectivity index (χ0) is 17.2. The second-order valence-electron chi connectivity index (χ2n) is 7.31. The maximum Gasteiger partial charge on any atom is 0.410 e. The fraction of sp³-hybridized carbons (Fsp3) is 0.524. The van der Waals surface area contributed by atoms with E-state index in [1.54, 1.807) is 0 Å². The van der Waals surface area contributed by atoms with Crippen LogP contribution in [0.3, 0.4) is 0 Å². The van der Waals surface area contributed by atoms with E-state index in [4.69, 9.17) is 9.72 Å². The van der Waals surface area contributed by atoms with E-state index in [1.807, 2.05) is 11.0 Å². The van der Waals surface area contributed by atoms with Gasteiger partial charge in [-0.25, -0.2) is 4.79 Å². The molecular weight excluding hydrogens is 348 g/mol. The molecule has 0 bridgehead atoms. The molecule has 1 amide bonds. The predicted octanol–water partition coefficient (Wildman–Crippen LogP) is 4.83. The number of nitrogens with zero attached hydrogens (tertiary/aromatic N) is 2. The number of hydrogen-bond acceptors (Lipinski definition) is 3. The van der Waals surface area contributed by atoms with Gasteiger partial charge in [0.15, 0.2) is 0 Å². The van der Waals surface area contributed by atoms with Crippen molar-refractivity contribution in [3.63, 3.8) is 0 Å². The molecule has 1 aromatic carbocycles. The van der Waals surface area contributed by atoms with Gasteiger partial charge in [-0.05, 0) is 56.2 Å². The molecule has 1 saturated carbocycles. The first-order valence-corrected chi connectivity index (χ1v) is 9.55. The largest absolute Gasteiger partial charge is 0.446 e. The zero-order valence-electron chi connectivity index (χ0n) is 15.4. The van der Waals surface area contributed by atoms with Crippen LogP contribution in [0, 0.1) is 6.92 Å². The van der Waals surface area contributed by atoms with Crippen LogP contribution < -0.4 is 0 Å². The lowest BCUT2D eigenvalue weighted by molar-refractivity contribution is 0.0467. The van der Waals surface area contributed by atoms with Gasteiger partial charge in [0.25, 0.3) is 0 Å². The molecule has 0 N–H and O–H groups in total. The Hall–Kier alpha value is -1.81. The average Bonchev–Trinajstić information content (AvgIpc) is 2.86. The summed E-state index contributed by atoms with van der Waals surface area (Å²) in [7, 11) is 0. The Morgan fingerprint density at radius 1 is 1.12 bits per heavy atom. The van der Waals surface area contributed by atoms with E-state index in [0.29, 0.717) is 6.54 Å². The van der Waals surface area contributed by atoms with Crippen molar-refractivity contribution < 1.29 is 9.53 Å². The van der Waals surface area contributed by atoms with Crippen molar-refractivity contribution in [2.45, 2.75) is 58.0 Å². The third-order valence-corrected chi connectivity index (χ3v) is 5.69. The molecule has 4 rings (SSSR count). The van der Waals surface area contributed by atoms with Gasteiger partial charge in [-0.1, -0.05) is 24.6 Å². The molecule has 5 heteroatoms. The summed E-state index contributed by atoms with van der Waals surface area (Å²) in [5.41, 5.74) is 4.82. The van der Waals surface area contributed by atoms with Crippen LogP contribution in [0.1, 0.15) is 48.9 Å². The van der Waals surface area contributed by atoms with Gasteiger partial charge < -0.3 is 9.64 Å². The maximum absolute atomic E-state index is 12.6. The van der Waals surface area contributed by atoms with E-state index >= 15 is 0 Å². The molecule has 1 aromatic heterocycles. The Labute approximate surface area is 161 Å². The van der Waals surface area contributed by atoms with E-state index in [-0.39, 0.29) is 24.6 Å². The number of halogens is 1. The first-order chi connectivity index (χ1) is 12.2. The molecule has 2 aliphatic rings. The topological polar surface area (TPSA) is 42.4 Å². The summed E-state index contributed by atoms with van der Waals surface area (Å²) in [6.45, 7) is 3.60. The third kappa shape index (κ3) is 3.80. The number of amides is 1. The van der Waals surface area contributed by atoms with Gasteiger partial charge in [0.05, 0.1) is 5.52 Å². The molecule has 140 valence electrons. The van der Waals surface area contributed by atoms with E-state index in [9.17, 15) is 4.79 Å². The summed E-state index contributed by atoms with van der Waals surface area (Å²) in [4.78, 5) is 19.3. The molecule has 2 heterocycles. The molecule has 1 aliphatic heterocycles. The number of para-hydroxylation sites is 1. The number of pyridine rings is 1. The van der Waals surface area contributed by atoms with Crippen LogP contribution >= 0.6 is 12.4 Å². The standard InChI is InChI=1S/C21H26N2O2.ClH/c1-15-17-9-5-6-10-19(17)22-20-12-14-23(13-11-18(15)20)21(24)25-16-7-3-2-4-8-16;/h5-6,9-10,16H,2-4,7-8,11-14H2,1H3;1H. The number of aryl methyl sites for hydroxylation is 1. The van der Waals surface area contributed by atoms with Crippen LogP contribution in [0.4, 0.5) is 4.79 Å². The van der Waals surface area contributed by atoms with Gasteiger partial charge in [0.2, 0.25) is 0 Å². The van der Waals surface area contributed by atoms with E-state index < -0.39 is 0 Å². The maximum atomic E-state index is 12.6. The van der Waals surface area contributed by atoms with Crippen LogP contribution in [0.2, 0.25) is 0 Å². The van der Waals surface area contributed by atoms with Gasteiger partial charge >= 0.3 is 6.09 Å². The number of benzene rings is 1. The van der Waals surface area contributed by atoms with E-state index in [0.717, 1.165) is 43.4 Å². The zero-order valence-corrected chi connectivity index (χ0v) is 16.2. The van der Waals surface area contributed by atoms with Crippen molar-refractivity contribution >= 4 is 29.4 Å². The summed E-state index contributed by atoms with van der Waals surface area (Å²) < 4.78 is 5.76. The van der Waals surface area contributed by atoms with Crippen LogP contribution in [0.25, 0.3) is 10.9 Å². The number of aromatic nitrogens is 1. The highest BCUT2D eigenvalue weighted by Gasteiger charge is 2.25. The normalized spacial score (nSPS) is 18.0.